The van der Waals surface area contributed by atoms with Gasteiger partial charge in [0.05, 0.1) is 6.54 Å². The molecule has 1 atom stereocenters. The first-order chi connectivity index (χ1) is 8.22. The van der Waals surface area contributed by atoms with Crippen LogP contribution in [0.2, 0.25) is 0 Å². The Balaban J connectivity index is 2.19. The van der Waals surface area contributed by atoms with Crippen molar-refractivity contribution in [2.45, 2.75) is 20.4 Å². The van der Waals surface area contributed by atoms with Gasteiger partial charge in [0, 0.05) is 6.20 Å². The van der Waals surface area contributed by atoms with Crippen molar-refractivity contribution in [3.8, 4) is 0 Å². The van der Waals surface area contributed by atoms with E-state index >= 15 is 0 Å². The first-order valence-electron chi connectivity index (χ1n) is 5.97. The molecule has 17 heavy (non-hydrogen) atoms. The van der Waals surface area contributed by atoms with Crippen molar-refractivity contribution in [3.63, 3.8) is 0 Å². The van der Waals surface area contributed by atoms with Crippen molar-refractivity contribution in [2.75, 3.05) is 13.1 Å². The summed E-state index contributed by atoms with van der Waals surface area (Å²) in [6, 6.07) is 5.56. The second-order valence-electron chi connectivity index (χ2n) is 4.31. The lowest BCUT2D eigenvalue weighted by Gasteiger charge is -2.10. The lowest BCUT2D eigenvalue weighted by Crippen LogP contribution is -2.29. The molecule has 0 aromatic carbocycles. The van der Waals surface area contributed by atoms with Gasteiger partial charge < -0.3 is 5.32 Å². The molecule has 2 heterocycles. The molecule has 0 fully saturated rings. The highest BCUT2D eigenvalue weighted by Gasteiger charge is 2.09. The van der Waals surface area contributed by atoms with Crippen LogP contribution in [-0.2, 0) is 6.54 Å². The molecule has 2 rings (SSSR count). The van der Waals surface area contributed by atoms with Crippen LogP contribution in [-0.4, -0.2) is 27.3 Å². The summed E-state index contributed by atoms with van der Waals surface area (Å²) in [5, 5.41) is 7.57. The fraction of sp³-hybridized carbons (Fsp3) is 0.500. The molecule has 1 unspecified atom stereocenters. The molecular formula is C12H18N4O. The molecule has 92 valence electrons. The van der Waals surface area contributed by atoms with Gasteiger partial charge in [-0.3, -0.25) is 4.40 Å². The molecule has 0 saturated carbocycles. The lowest BCUT2D eigenvalue weighted by atomic mass is 10.2. The summed E-state index contributed by atoms with van der Waals surface area (Å²) < 4.78 is 3.11. The van der Waals surface area contributed by atoms with E-state index in [0.29, 0.717) is 18.1 Å². The molecule has 0 aliphatic rings. The SMILES string of the molecule is CCNCC(C)Cn1nc2ccccn2c1=O. The Labute approximate surface area is 100 Å². The minimum Gasteiger partial charge on any atom is -0.317 e. The normalized spacial score (nSPS) is 13.1. The van der Waals surface area contributed by atoms with Gasteiger partial charge in [-0.25, -0.2) is 9.48 Å². The van der Waals surface area contributed by atoms with Gasteiger partial charge in [-0.2, -0.15) is 0 Å². The minimum absolute atomic E-state index is 0.0658. The predicted octanol–water partition coefficient (Wildman–Crippen LogP) is 0.742. The Morgan fingerprint density at radius 1 is 1.47 bits per heavy atom. The summed E-state index contributed by atoms with van der Waals surface area (Å²) in [5.74, 6) is 0.387. The van der Waals surface area contributed by atoms with E-state index in [1.807, 2.05) is 18.2 Å². The number of aromatic nitrogens is 3. The second-order valence-corrected chi connectivity index (χ2v) is 4.31. The first kappa shape index (κ1) is 11.9. The summed E-state index contributed by atoms with van der Waals surface area (Å²) >= 11 is 0. The summed E-state index contributed by atoms with van der Waals surface area (Å²) in [5.41, 5.74) is 0.636. The van der Waals surface area contributed by atoms with Gasteiger partial charge in [-0.1, -0.05) is 19.9 Å². The van der Waals surface area contributed by atoms with Gasteiger partial charge in [0.25, 0.3) is 0 Å². The topological polar surface area (TPSA) is 51.3 Å². The molecule has 0 aliphatic carbocycles. The third-order valence-electron chi connectivity index (χ3n) is 2.72. The minimum atomic E-state index is -0.0658. The van der Waals surface area contributed by atoms with Crippen LogP contribution < -0.4 is 11.0 Å². The van der Waals surface area contributed by atoms with Crippen LogP contribution >= 0.6 is 0 Å². The average Bonchev–Trinajstić information content (AvgIpc) is 2.64. The number of hydrogen-bond acceptors (Lipinski definition) is 3. The summed E-state index contributed by atoms with van der Waals surface area (Å²) in [6.45, 7) is 6.68. The molecule has 1 N–H and O–H groups in total. The maximum Gasteiger partial charge on any atom is 0.350 e. The lowest BCUT2D eigenvalue weighted by molar-refractivity contribution is 0.419. The van der Waals surface area contributed by atoms with E-state index in [0.717, 1.165) is 13.1 Å². The Hall–Kier alpha value is -1.62. The number of hydrogen-bond donors (Lipinski definition) is 1. The molecule has 0 amide bonds. The fourth-order valence-electron chi connectivity index (χ4n) is 1.84. The average molecular weight is 234 g/mol. The zero-order valence-corrected chi connectivity index (χ0v) is 10.3. The van der Waals surface area contributed by atoms with Gasteiger partial charge in [-0.05, 0) is 31.1 Å². The number of pyridine rings is 1. The van der Waals surface area contributed by atoms with Crippen molar-refractivity contribution in [3.05, 3.63) is 34.9 Å². The molecule has 2 aromatic rings. The molecule has 2 aromatic heterocycles. The number of rotatable bonds is 5. The summed E-state index contributed by atoms with van der Waals surface area (Å²) in [6.07, 6.45) is 1.75. The number of nitrogens with one attached hydrogen (secondary N) is 1. The van der Waals surface area contributed by atoms with E-state index in [1.54, 1.807) is 10.6 Å². The van der Waals surface area contributed by atoms with Crippen LogP contribution in [0.3, 0.4) is 0 Å². The van der Waals surface area contributed by atoms with Gasteiger partial charge in [0.2, 0.25) is 0 Å². The zero-order chi connectivity index (χ0) is 12.3. The molecule has 5 heteroatoms. The van der Waals surface area contributed by atoms with Gasteiger partial charge in [-0.15, -0.1) is 5.10 Å². The van der Waals surface area contributed by atoms with E-state index in [2.05, 4.69) is 24.3 Å². The molecule has 0 saturated heterocycles. The van der Waals surface area contributed by atoms with Crippen LogP contribution in [0.25, 0.3) is 5.65 Å². The second kappa shape index (κ2) is 5.14. The van der Waals surface area contributed by atoms with Crippen molar-refractivity contribution < 1.29 is 0 Å². The smallest absolute Gasteiger partial charge is 0.317 e. The van der Waals surface area contributed by atoms with E-state index in [4.69, 9.17) is 0 Å². The number of nitrogens with zero attached hydrogens (tertiary/aromatic N) is 3. The van der Waals surface area contributed by atoms with Crippen LogP contribution in [0, 0.1) is 5.92 Å². The van der Waals surface area contributed by atoms with E-state index in [1.165, 1.54) is 4.68 Å². The zero-order valence-electron chi connectivity index (χ0n) is 10.3. The highest BCUT2D eigenvalue weighted by atomic mass is 16.2. The van der Waals surface area contributed by atoms with Crippen LogP contribution in [0.4, 0.5) is 0 Å². The molecule has 0 bridgehead atoms. The summed E-state index contributed by atoms with van der Waals surface area (Å²) in [4.78, 5) is 12.0. The van der Waals surface area contributed by atoms with E-state index < -0.39 is 0 Å². The van der Waals surface area contributed by atoms with Gasteiger partial charge >= 0.3 is 5.69 Å². The molecule has 0 spiro atoms. The predicted molar refractivity (Wildman–Crippen MR) is 67.2 cm³/mol. The van der Waals surface area contributed by atoms with Crippen LogP contribution in [0.1, 0.15) is 13.8 Å². The monoisotopic (exact) mass is 234 g/mol. The number of fused-ring (bicyclic) bond motifs is 1. The standard InChI is InChI=1S/C12H18N4O/c1-3-13-8-10(2)9-16-12(17)15-7-5-4-6-11(15)14-16/h4-7,10,13H,3,8-9H2,1-2H3. The van der Waals surface area contributed by atoms with Crippen molar-refractivity contribution in [1.29, 1.82) is 0 Å². The van der Waals surface area contributed by atoms with Crippen LogP contribution in [0.15, 0.2) is 29.2 Å². The first-order valence-corrected chi connectivity index (χ1v) is 5.97. The third-order valence-corrected chi connectivity index (χ3v) is 2.72. The highest BCUT2D eigenvalue weighted by Crippen LogP contribution is 1.99. The Bertz CT molecular complexity index is 543. The van der Waals surface area contributed by atoms with Crippen molar-refractivity contribution in [2.24, 2.45) is 5.92 Å². The third kappa shape index (κ3) is 2.55. The molecule has 0 aliphatic heterocycles. The Kier molecular flexibility index (Phi) is 3.58. The Morgan fingerprint density at radius 2 is 2.29 bits per heavy atom. The van der Waals surface area contributed by atoms with E-state index in [-0.39, 0.29) is 5.69 Å². The molecular weight excluding hydrogens is 216 g/mol. The maximum atomic E-state index is 12.0. The largest absolute Gasteiger partial charge is 0.350 e. The Morgan fingerprint density at radius 3 is 3.00 bits per heavy atom. The highest BCUT2D eigenvalue weighted by molar-refractivity contribution is 5.35. The fourth-order valence-corrected chi connectivity index (χ4v) is 1.84. The van der Waals surface area contributed by atoms with Crippen molar-refractivity contribution >= 4 is 5.65 Å². The quantitative estimate of drug-likeness (QED) is 0.830. The summed E-state index contributed by atoms with van der Waals surface area (Å²) in [7, 11) is 0. The van der Waals surface area contributed by atoms with Crippen molar-refractivity contribution in [1.82, 2.24) is 19.5 Å². The maximum absolute atomic E-state index is 12.0. The van der Waals surface area contributed by atoms with E-state index in [9.17, 15) is 4.79 Å². The van der Waals surface area contributed by atoms with Gasteiger partial charge in [0.15, 0.2) is 5.65 Å². The molecule has 0 radical (unpaired) electrons. The molecule has 5 nitrogen and oxygen atoms in total. The van der Waals surface area contributed by atoms with Gasteiger partial charge in [0.1, 0.15) is 0 Å². The van der Waals surface area contributed by atoms with Crippen LogP contribution in [0.5, 0.6) is 0 Å².